The lowest BCUT2D eigenvalue weighted by Crippen LogP contribution is -2.43. The number of rotatable bonds is 3. The van der Waals surface area contributed by atoms with Crippen LogP contribution < -0.4 is 4.90 Å². The van der Waals surface area contributed by atoms with E-state index in [1.807, 2.05) is 35.2 Å². The summed E-state index contributed by atoms with van der Waals surface area (Å²) in [5, 5.41) is 1.27. The summed E-state index contributed by atoms with van der Waals surface area (Å²) in [7, 11) is 4.53. The number of hydrogen-bond donors (Lipinski definition) is 1. The number of aromatic nitrogens is 1. The van der Waals surface area contributed by atoms with Crippen molar-refractivity contribution in [3.8, 4) is 0 Å². The maximum atomic E-state index is 13.2. The second-order valence-corrected chi connectivity index (χ2v) is 12.2. The van der Waals surface area contributed by atoms with Crippen molar-refractivity contribution in [2.24, 2.45) is 0 Å². The van der Waals surface area contributed by atoms with Gasteiger partial charge in [-0.05, 0) is 73.7 Å². The van der Waals surface area contributed by atoms with Gasteiger partial charge < -0.3 is 24.4 Å². The SMILES string of the molecule is CN1CCC2C(C1)c1cc(C3CCCN(C(=O)OCc4ccccc4)CCc4c3[nH]c3ccccc43)ccc1N2C. The van der Waals surface area contributed by atoms with E-state index >= 15 is 0 Å². The molecule has 3 aromatic carbocycles. The van der Waals surface area contributed by atoms with E-state index in [0.717, 1.165) is 37.9 Å². The number of nitrogens with one attached hydrogen (secondary N) is 1. The van der Waals surface area contributed by atoms with Crippen LogP contribution in [0.2, 0.25) is 0 Å². The summed E-state index contributed by atoms with van der Waals surface area (Å²) >= 11 is 0. The number of ether oxygens (including phenoxy) is 1. The first-order valence-electron chi connectivity index (χ1n) is 15.2. The van der Waals surface area contributed by atoms with Gasteiger partial charge in [0.2, 0.25) is 0 Å². The third kappa shape index (κ3) is 4.88. The van der Waals surface area contributed by atoms with Crippen molar-refractivity contribution in [2.45, 2.75) is 50.2 Å². The van der Waals surface area contributed by atoms with Gasteiger partial charge in [0.25, 0.3) is 0 Å². The monoisotopic (exact) mass is 548 g/mol. The predicted octanol–water partition coefficient (Wildman–Crippen LogP) is 6.51. The average molecular weight is 549 g/mol. The van der Waals surface area contributed by atoms with E-state index < -0.39 is 0 Å². The minimum Gasteiger partial charge on any atom is -0.445 e. The Bertz CT molecular complexity index is 1550. The van der Waals surface area contributed by atoms with Crippen molar-refractivity contribution in [3.05, 3.63) is 101 Å². The molecular formula is C35H40N4O2. The number of amides is 1. The Morgan fingerprint density at radius 2 is 1.78 bits per heavy atom. The number of H-pyrrole nitrogens is 1. The summed E-state index contributed by atoms with van der Waals surface area (Å²) < 4.78 is 5.76. The lowest BCUT2D eigenvalue weighted by molar-refractivity contribution is 0.0960. The molecule has 6 nitrogen and oxygen atoms in total. The molecule has 0 spiro atoms. The van der Waals surface area contributed by atoms with Crippen molar-refractivity contribution < 1.29 is 9.53 Å². The highest BCUT2D eigenvalue weighted by Gasteiger charge is 2.40. The van der Waals surface area contributed by atoms with Crippen LogP contribution in [0.25, 0.3) is 10.9 Å². The number of carbonyl (C=O) groups is 1. The highest BCUT2D eigenvalue weighted by molar-refractivity contribution is 5.85. The van der Waals surface area contributed by atoms with Crippen molar-refractivity contribution in [1.82, 2.24) is 14.8 Å². The van der Waals surface area contributed by atoms with Gasteiger partial charge in [-0.15, -0.1) is 0 Å². The fourth-order valence-electron chi connectivity index (χ4n) is 7.56. The van der Waals surface area contributed by atoms with Gasteiger partial charge in [0.05, 0.1) is 0 Å². The lowest BCUT2D eigenvalue weighted by Gasteiger charge is -2.35. The number of piperidine rings is 1. The molecule has 0 saturated carbocycles. The summed E-state index contributed by atoms with van der Waals surface area (Å²) in [5.41, 5.74) is 9.12. The Labute approximate surface area is 242 Å². The third-order valence-corrected chi connectivity index (χ3v) is 9.72. The van der Waals surface area contributed by atoms with E-state index in [9.17, 15) is 4.79 Å². The van der Waals surface area contributed by atoms with Crippen LogP contribution in [0.3, 0.4) is 0 Å². The standard InChI is InChI=1S/C35H40N4O2/c1-37-19-17-33-30(22-37)29-21-25(14-15-32(29)38(33)2)26-12-8-18-39(35(40)41-23-24-9-4-3-5-10-24)20-16-28-27-11-6-7-13-31(27)36-34(26)28/h3-7,9-11,13-15,21,26,30,33,36H,8,12,16-20,22-23H2,1-2H3. The highest BCUT2D eigenvalue weighted by atomic mass is 16.6. The average Bonchev–Trinajstić information content (AvgIpc) is 3.52. The van der Waals surface area contributed by atoms with E-state index in [1.54, 1.807) is 0 Å². The van der Waals surface area contributed by atoms with E-state index in [4.69, 9.17) is 4.74 Å². The Morgan fingerprint density at radius 3 is 2.66 bits per heavy atom. The quantitative estimate of drug-likeness (QED) is 0.317. The van der Waals surface area contributed by atoms with Crippen LogP contribution in [0.5, 0.6) is 0 Å². The fraction of sp³-hybridized carbons (Fsp3) is 0.400. The first-order chi connectivity index (χ1) is 20.1. The van der Waals surface area contributed by atoms with Crippen LogP contribution in [0.4, 0.5) is 10.5 Å². The maximum Gasteiger partial charge on any atom is 0.410 e. The number of benzene rings is 3. The summed E-state index contributed by atoms with van der Waals surface area (Å²) in [6, 6.07) is 26.4. The van der Waals surface area contributed by atoms with Gasteiger partial charge in [-0.3, -0.25) is 0 Å². The number of fused-ring (bicyclic) bond motifs is 6. The Balaban J connectivity index is 1.20. The van der Waals surface area contributed by atoms with Gasteiger partial charge in [0.1, 0.15) is 6.61 Å². The smallest absolute Gasteiger partial charge is 0.410 e. The van der Waals surface area contributed by atoms with Gasteiger partial charge in [-0.2, -0.15) is 0 Å². The number of likely N-dealkylation sites (N-methyl/N-ethyl adjacent to an activating group) is 2. The molecule has 1 N–H and O–H groups in total. The Morgan fingerprint density at radius 1 is 0.951 bits per heavy atom. The zero-order valence-corrected chi connectivity index (χ0v) is 24.2. The molecule has 1 amide bonds. The predicted molar refractivity (Wildman–Crippen MR) is 165 cm³/mol. The number of hydrogen-bond acceptors (Lipinski definition) is 4. The molecule has 0 radical (unpaired) electrons. The van der Waals surface area contributed by atoms with Gasteiger partial charge in [-0.1, -0.05) is 60.7 Å². The van der Waals surface area contributed by atoms with Crippen LogP contribution in [-0.2, 0) is 17.8 Å². The van der Waals surface area contributed by atoms with Gasteiger partial charge >= 0.3 is 6.09 Å². The first-order valence-corrected chi connectivity index (χ1v) is 15.2. The van der Waals surface area contributed by atoms with Crippen molar-refractivity contribution >= 4 is 22.7 Å². The number of anilines is 1. The van der Waals surface area contributed by atoms with E-state index in [1.165, 1.54) is 45.4 Å². The number of carbonyl (C=O) groups excluding carboxylic acids is 1. The Hall–Kier alpha value is -3.77. The number of aromatic amines is 1. The number of likely N-dealkylation sites (tertiary alicyclic amines) is 1. The molecule has 1 saturated heterocycles. The zero-order chi connectivity index (χ0) is 27.9. The van der Waals surface area contributed by atoms with Crippen molar-refractivity contribution in [3.63, 3.8) is 0 Å². The Kier molecular flexibility index (Phi) is 6.95. The molecule has 41 heavy (non-hydrogen) atoms. The molecule has 1 aromatic heterocycles. The van der Waals surface area contributed by atoms with E-state index in [0.29, 0.717) is 31.7 Å². The second kappa shape index (κ2) is 10.9. The summed E-state index contributed by atoms with van der Waals surface area (Å²) in [5.74, 6) is 0.816. The third-order valence-electron chi connectivity index (χ3n) is 9.72. The zero-order valence-electron chi connectivity index (χ0n) is 24.2. The molecule has 6 heteroatoms. The van der Waals surface area contributed by atoms with Gasteiger partial charge in [0.15, 0.2) is 0 Å². The van der Waals surface area contributed by atoms with Crippen molar-refractivity contribution in [1.29, 1.82) is 0 Å². The van der Waals surface area contributed by atoms with Gasteiger partial charge in [-0.25, -0.2) is 4.79 Å². The molecule has 7 rings (SSSR count). The molecular weight excluding hydrogens is 508 g/mol. The molecule has 0 bridgehead atoms. The second-order valence-electron chi connectivity index (χ2n) is 12.2. The largest absolute Gasteiger partial charge is 0.445 e. The first kappa shape index (κ1) is 26.1. The molecule has 3 unspecified atom stereocenters. The molecule has 3 aliphatic heterocycles. The van der Waals surface area contributed by atoms with Crippen LogP contribution in [0, 0.1) is 0 Å². The van der Waals surface area contributed by atoms with E-state index in [-0.39, 0.29) is 12.0 Å². The van der Waals surface area contributed by atoms with Gasteiger partial charge in [0, 0.05) is 66.8 Å². The normalized spacial score (nSPS) is 22.8. The molecule has 3 atom stereocenters. The molecule has 0 aliphatic carbocycles. The van der Waals surface area contributed by atoms with E-state index in [2.05, 4.69) is 71.3 Å². The molecule has 4 heterocycles. The molecule has 4 aromatic rings. The molecule has 212 valence electrons. The highest BCUT2D eigenvalue weighted by Crippen LogP contribution is 2.46. The summed E-state index contributed by atoms with van der Waals surface area (Å²) in [6.45, 7) is 3.94. The summed E-state index contributed by atoms with van der Waals surface area (Å²) in [4.78, 5) is 24.0. The lowest BCUT2D eigenvalue weighted by atomic mass is 9.84. The van der Waals surface area contributed by atoms with Crippen LogP contribution in [-0.4, -0.2) is 67.2 Å². The van der Waals surface area contributed by atoms with Crippen LogP contribution in [0.1, 0.15) is 59.0 Å². The maximum absolute atomic E-state index is 13.2. The molecule has 1 fully saturated rings. The number of nitrogens with zero attached hydrogens (tertiary/aromatic N) is 3. The van der Waals surface area contributed by atoms with Crippen LogP contribution in [0.15, 0.2) is 72.8 Å². The topological polar surface area (TPSA) is 51.8 Å². The number of para-hydroxylation sites is 1. The molecule has 3 aliphatic rings. The minimum absolute atomic E-state index is 0.221. The fourth-order valence-corrected chi connectivity index (χ4v) is 7.56. The van der Waals surface area contributed by atoms with Crippen LogP contribution >= 0.6 is 0 Å². The minimum atomic E-state index is -0.221. The van der Waals surface area contributed by atoms with Crippen molar-refractivity contribution in [2.75, 3.05) is 45.2 Å². The summed E-state index contributed by atoms with van der Waals surface area (Å²) in [6.07, 6.45) is 3.70.